The maximum Gasteiger partial charge on any atom is 0.253 e. The zero-order valence-electron chi connectivity index (χ0n) is 45.6. The smallest absolute Gasteiger partial charge is 0.253 e. The highest BCUT2D eigenvalue weighted by Crippen LogP contribution is 2.65. The highest BCUT2D eigenvalue weighted by atomic mass is 16.3. The van der Waals surface area contributed by atoms with Gasteiger partial charge in [-0.2, -0.15) is 0 Å². The second-order valence-corrected chi connectivity index (χ2v) is 27.3. The summed E-state index contributed by atoms with van der Waals surface area (Å²) in [6.45, 7) is 36.7. The van der Waals surface area contributed by atoms with Crippen LogP contribution in [0, 0.1) is 13.8 Å². The van der Waals surface area contributed by atoms with Crippen molar-refractivity contribution in [1.29, 1.82) is 0 Å². The predicted molar refractivity (Wildman–Crippen MR) is 304 cm³/mol. The van der Waals surface area contributed by atoms with E-state index in [1.54, 1.807) is 5.56 Å². The average Bonchev–Trinajstić information content (AvgIpc) is 3.86. The van der Waals surface area contributed by atoms with Crippen molar-refractivity contribution in [1.82, 2.24) is 0 Å². The summed E-state index contributed by atoms with van der Waals surface area (Å²) >= 11 is 0. The Morgan fingerprint density at radius 3 is 1.72 bits per heavy atom. The summed E-state index contributed by atoms with van der Waals surface area (Å²) in [4.78, 5) is 8.58. The molecule has 1 aromatic heterocycles. The third kappa shape index (κ3) is 5.76. The summed E-state index contributed by atoms with van der Waals surface area (Å²) in [6.07, 6.45) is 9.71. The lowest BCUT2D eigenvalue weighted by molar-refractivity contribution is 0.194. The molecule has 5 heteroatoms. The molecule has 6 aromatic carbocycles. The summed E-state index contributed by atoms with van der Waals surface area (Å²) in [5, 5.41) is 2.45. The van der Waals surface area contributed by atoms with Crippen LogP contribution in [0.15, 0.2) is 95.4 Å². The van der Waals surface area contributed by atoms with Crippen LogP contribution in [0.2, 0.25) is 0 Å². The lowest BCUT2D eigenvalue weighted by atomic mass is 9.32. The SMILES string of the molecule is Cc1cc(C(C)(C)C)cc(C)c1N1c2cc(N3c4ccc(C(C)(C)C)cc4C4(C)CCCCC34C)cc3c2B(c2cc(C(C)(C)C)cc4c2N3C2(C)CCCCC42C)c2c1ccc1oc3ccccc3c21. The van der Waals surface area contributed by atoms with Crippen LogP contribution in [0.4, 0.5) is 39.8 Å². The Morgan fingerprint density at radius 2 is 1.06 bits per heavy atom. The average molecular weight is 938 g/mol. The number of hydrogen-bond donors (Lipinski definition) is 0. The first-order valence-electron chi connectivity index (χ1n) is 27.4. The first kappa shape index (κ1) is 45.4. The number of benzene rings is 6. The van der Waals surface area contributed by atoms with E-state index in [2.05, 4.69) is 210 Å². The fourth-order valence-corrected chi connectivity index (χ4v) is 15.8. The van der Waals surface area contributed by atoms with Gasteiger partial charge in [0.1, 0.15) is 11.2 Å². The van der Waals surface area contributed by atoms with Crippen LogP contribution in [-0.4, -0.2) is 17.8 Å². The van der Waals surface area contributed by atoms with Crippen LogP contribution in [0.25, 0.3) is 21.9 Å². The Bertz CT molecular complexity index is 3440. The molecule has 0 radical (unpaired) electrons. The largest absolute Gasteiger partial charge is 0.456 e. The van der Waals surface area contributed by atoms with Gasteiger partial charge in [-0.05, 0) is 161 Å². The number of para-hydroxylation sites is 1. The second-order valence-electron chi connectivity index (χ2n) is 27.3. The molecular formula is C66H76BN3O. The van der Waals surface area contributed by atoms with Crippen molar-refractivity contribution in [3.05, 3.63) is 130 Å². The lowest BCUT2D eigenvalue weighted by Crippen LogP contribution is -2.65. The zero-order chi connectivity index (χ0) is 49.9. The number of anilines is 7. The summed E-state index contributed by atoms with van der Waals surface area (Å²) in [5.41, 5.74) is 25.4. The molecule has 71 heavy (non-hydrogen) atoms. The van der Waals surface area contributed by atoms with E-state index in [4.69, 9.17) is 4.42 Å². The van der Waals surface area contributed by atoms with Crippen LogP contribution >= 0.6 is 0 Å². The maximum absolute atomic E-state index is 6.91. The minimum atomic E-state index is -0.121. The van der Waals surface area contributed by atoms with E-state index < -0.39 is 0 Å². The van der Waals surface area contributed by atoms with Crippen molar-refractivity contribution in [2.24, 2.45) is 0 Å². The van der Waals surface area contributed by atoms with Crippen molar-refractivity contribution in [3.8, 4) is 0 Å². The number of aryl methyl sites for hydroxylation is 2. The molecule has 4 atom stereocenters. The number of nitrogens with zero attached hydrogens (tertiary/aromatic N) is 3. The van der Waals surface area contributed by atoms with Gasteiger partial charge in [0.05, 0.1) is 16.8 Å². The van der Waals surface area contributed by atoms with E-state index in [0.717, 1.165) is 24.0 Å². The Balaban J connectivity index is 1.21. The molecule has 0 bridgehead atoms. The van der Waals surface area contributed by atoms with E-state index in [-0.39, 0.29) is 44.9 Å². The molecule has 0 spiro atoms. The van der Waals surface area contributed by atoms with Crippen molar-refractivity contribution in [3.63, 3.8) is 0 Å². The van der Waals surface area contributed by atoms with Crippen molar-refractivity contribution >= 4 is 84.9 Å². The predicted octanol–water partition coefficient (Wildman–Crippen LogP) is 16.2. The second kappa shape index (κ2) is 14.2. The molecule has 6 aliphatic rings. The molecule has 4 aliphatic heterocycles. The van der Waals surface area contributed by atoms with Gasteiger partial charge in [0.2, 0.25) is 0 Å². The minimum Gasteiger partial charge on any atom is -0.456 e. The molecule has 4 nitrogen and oxygen atoms in total. The molecule has 0 saturated heterocycles. The molecular weight excluding hydrogens is 862 g/mol. The molecule has 7 aromatic rings. The molecule has 0 N–H and O–H groups in total. The number of rotatable bonds is 2. The van der Waals surface area contributed by atoms with Gasteiger partial charge in [0, 0.05) is 55.7 Å². The topological polar surface area (TPSA) is 22.9 Å². The van der Waals surface area contributed by atoms with E-state index in [1.807, 2.05) is 0 Å². The van der Waals surface area contributed by atoms with Gasteiger partial charge >= 0.3 is 0 Å². The van der Waals surface area contributed by atoms with Crippen LogP contribution < -0.4 is 31.1 Å². The zero-order valence-corrected chi connectivity index (χ0v) is 45.6. The van der Waals surface area contributed by atoms with Crippen LogP contribution in [0.1, 0.15) is 180 Å². The molecule has 0 amide bonds. The number of furan rings is 1. The van der Waals surface area contributed by atoms with Gasteiger partial charge in [-0.25, -0.2) is 0 Å². The van der Waals surface area contributed by atoms with E-state index >= 15 is 0 Å². The third-order valence-electron chi connectivity index (χ3n) is 20.2. The Hall–Kier alpha value is -5.42. The fourth-order valence-electron chi connectivity index (χ4n) is 15.8. The van der Waals surface area contributed by atoms with E-state index in [9.17, 15) is 0 Å². The highest BCUT2D eigenvalue weighted by Gasteiger charge is 2.63. The third-order valence-corrected chi connectivity index (χ3v) is 20.2. The summed E-state index contributed by atoms with van der Waals surface area (Å²) < 4.78 is 6.91. The van der Waals surface area contributed by atoms with Gasteiger partial charge in [0.25, 0.3) is 6.71 Å². The van der Waals surface area contributed by atoms with Crippen molar-refractivity contribution in [2.75, 3.05) is 14.7 Å². The lowest BCUT2D eigenvalue weighted by Gasteiger charge is -2.54. The molecule has 2 fully saturated rings. The van der Waals surface area contributed by atoms with Crippen LogP contribution in [-0.2, 0) is 27.1 Å². The first-order chi connectivity index (χ1) is 33.4. The van der Waals surface area contributed by atoms with Gasteiger partial charge in [-0.3, -0.25) is 0 Å². The summed E-state index contributed by atoms with van der Waals surface area (Å²) in [5.74, 6) is 0. The Morgan fingerprint density at radius 1 is 0.493 bits per heavy atom. The van der Waals surface area contributed by atoms with E-state index in [0.29, 0.717) is 0 Å². The molecule has 5 heterocycles. The van der Waals surface area contributed by atoms with Gasteiger partial charge in [-0.15, -0.1) is 0 Å². The van der Waals surface area contributed by atoms with Gasteiger partial charge in [0.15, 0.2) is 0 Å². The fraction of sp³-hybridized carbons (Fsp3) is 0.455. The molecule has 2 aliphatic carbocycles. The van der Waals surface area contributed by atoms with E-state index in [1.165, 1.54) is 139 Å². The minimum absolute atomic E-state index is 0.00159. The normalized spacial score (nSPS) is 25.3. The molecule has 4 unspecified atom stereocenters. The van der Waals surface area contributed by atoms with Crippen molar-refractivity contribution in [2.45, 2.75) is 193 Å². The van der Waals surface area contributed by atoms with Gasteiger partial charge < -0.3 is 19.1 Å². The Kier molecular flexibility index (Phi) is 9.09. The summed E-state index contributed by atoms with van der Waals surface area (Å²) in [7, 11) is 0. The van der Waals surface area contributed by atoms with Crippen molar-refractivity contribution < 1.29 is 4.42 Å². The highest BCUT2D eigenvalue weighted by molar-refractivity contribution is 7.02. The monoisotopic (exact) mass is 938 g/mol. The number of fused-ring (bicyclic) bond motifs is 14. The quantitative estimate of drug-likeness (QED) is 0.161. The van der Waals surface area contributed by atoms with Gasteiger partial charge in [-0.1, -0.05) is 156 Å². The summed E-state index contributed by atoms with van der Waals surface area (Å²) in [6, 6.07) is 36.8. The molecule has 2 saturated carbocycles. The maximum atomic E-state index is 6.91. The number of hydrogen-bond acceptors (Lipinski definition) is 4. The standard InChI is InChI=1S/C66H76BN3O/c1-39-32-42(61(6,7)8)33-40(2)58(39)68-50-26-27-54-55(45-22-16-17-23-53(45)71-54)57(50)67-48-36-43(62(9,10)11)35-47-59(48)70(66(15)31-21-19-29-64(47,66)13)52-38-44(37-51(68)56(52)67)69-49-25-24-41(60(3,4)5)34-46(49)63(12)28-18-20-30-65(63,69)14/h16-17,22-27,32-38H,18-21,28-31H2,1-15H3. The molecule has 364 valence electrons. The Labute approximate surface area is 425 Å². The van der Waals surface area contributed by atoms with Crippen LogP contribution in [0.3, 0.4) is 0 Å². The first-order valence-corrected chi connectivity index (χ1v) is 27.4. The van der Waals surface area contributed by atoms with Crippen LogP contribution in [0.5, 0.6) is 0 Å². The molecule has 13 rings (SSSR count).